The molecule has 6 nitrogen and oxygen atoms in total. The zero-order valence-corrected chi connectivity index (χ0v) is 12.7. The van der Waals surface area contributed by atoms with Crippen molar-refractivity contribution in [2.75, 3.05) is 19.8 Å². The summed E-state index contributed by atoms with van der Waals surface area (Å²) < 4.78 is 10.5. The van der Waals surface area contributed by atoms with Crippen LogP contribution in [0.3, 0.4) is 0 Å². The van der Waals surface area contributed by atoms with Gasteiger partial charge in [-0.3, -0.25) is 20.4 Å². The van der Waals surface area contributed by atoms with Gasteiger partial charge in [0.2, 0.25) is 5.91 Å². The van der Waals surface area contributed by atoms with E-state index >= 15 is 0 Å². The molecule has 0 saturated heterocycles. The standard InChI is InChI=1S/C15H22N2O4/c1-4-20-9-8-13(18)16-17-14(19)10-21-15-11(2)6-5-7-12(15)3/h5-7H,4,8-10H2,1-3H3,(H,16,18)(H,17,19). The molecule has 0 heterocycles. The lowest BCUT2D eigenvalue weighted by Gasteiger charge is -2.12. The molecule has 116 valence electrons. The Bertz CT molecular complexity index is 468. The predicted molar refractivity (Wildman–Crippen MR) is 78.8 cm³/mol. The van der Waals surface area contributed by atoms with Crippen LogP contribution in [0, 0.1) is 13.8 Å². The SMILES string of the molecule is CCOCCC(=O)NNC(=O)COc1c(C)cccc1C. The highest BCUT2D eigenvalue weighted by Gasteiger charge is 2.08. The summed E-state index contributed by atoms with van der Waals surface area (Å²) in [7, 11) is 0. The molecule has 0 aliphatic carbocycles. The molecule has 0 radical (unpaired) electrons. The maximum Gasteiger partial charge on any atom is 0.276 e. The van der Waals surface area contributed by atoms with Crippen LogP contribution in [0.15, 0.2) is 18.2 Å². The third-order valence-corrected chi connectivity index (χ3v) is 2.78. The van der Waals surface area contributed by atoms with Gasteiger partial charge in [0.05, 0.1) is 13.0 Å². The van der Waals surface area contributed by atoms with Crippen molar-refractivity contribution in [3.63, 3.8) is 0 Å². The number of ether oxygens (including phenoxy) is 2. The lowest BCUT2D eigenvalue weighted by Crippen LogP contribution is -2.44. The van der Waals surface area contributed by atoms with Gasteiger partial charge in [0.25, 0.3) is 5.91 Å². The maximum atomic E-state index is 11.6. The fourth-order valence-electron chi connectivity index (χ4n) is 1.71. The van der Waals surface area contributed by atoms with Crippen molar-refractivity contribution in [3.05, 3.63) is 29.3 Å². The minimum atomic E-state index is -0.414. The summed E-state index contributed by atoms with van der Waals surface area (Å²) in [5, 5.41) is 0. The Morgan fingerprint density at radius 3 is 2.33 bits per heavy atom. The molecule has 0 aromatic heterocycles. The summed E-state index contributed by atoms with van der Waals surface area (Å²) in [4.78, 5) is 22.9. The summed E-state index contributed by atoms with van der Waals surface area (Å²) in [6, 6.07) is 5.75. The highest BCUT2D eigenvalue weighted by atomic mass is 16.5. The molecule has 1 aromatic rings. The quantitative estimate of drug-likeness (QED) is 0.586. The van der Waals surface area contributed by atoms with E-state index in [2.05, 4.69) is 10.9 Å². The van der Waals surface area contributed by atoms with Crippen LogP contribution in [0.25, 0.3) is 0 Å². The van der Waals surface area contributed by atoms with Crippen LogP contribution in [0.2, 0.25) is 0 Å². The van der Waals surface area contributed by atoms with Crippen molar-refractivity contribution in [2.45, 2.75) is 27.2 Å². The molecule has 0 bridgehead atoms. The molecule has 0 aliphatic heterocycles. The Morgan fingerprint density at radius 2 is 1.71 bits per heavy atom. The Morgan fingerprint density at radius 1 is 1.10 bits per heavy atom. The van der Waals surface area contributed by atoms with Gasteiger partial charge >= 0.3 is 0 Å². The van der Waals surface area contributed by atoms with Crippen LogP contribution < -0.4 is 15.6 Å². The monoisotopic (exact) mass is 294 g/mol. The van der Waals surface area contributed by atoms with Gasteiger partial charge in [-0.25, -0.2) is 0 Å². The van der Waals surface area contributed by atoms with E-state index in [0.717, 1.165) is 11.1 Å². The van der Waals surface area contributed by atoms with Crippen LogP contribution >= 0.6 is 0 Å². The number of rotatable bonds is 7. The van der Waals surface area contributed by atoms with Gasteiger partial charge in [-0.1, -0.05) is 18.2 Å². The molecule has 1 rings (SSSR count). The van der Waals surface area contributed by atoms with Crippen LogP contribution in [-0.4, -0.2) is 31.6 Å². The Labute approximate surface area is 124 Å². The van der Waals surface area contributed by atoms with E-state index < -0.39 is 5.91 Å². The summed E-state index contributed by atoms with van der Waals surface area (Å²) in [5.41, 5.74) is 6.53. The van der Waals surface area contributed by atoms with Crippen molar-refractivity contribution in [1.82, 2.24) is 10.9 Å². The molecule has 0 fully saturated rings. The van der Waals surface area contributed by atoms with E-state index in [9.17, 15) is 9.59 Å². The first kappa shape index (κ1) is 17.0. The highest BCUT2D eigenvalue weighted by Crippen LogP contribution is 2.21. The molecule has 2 amide bonds. The van der Waals surface area contributed by atoms with E-state index in [4.69, 9.17) is 9.47 Å². The number of hydrazine groups is 1. The van der Waals surface area contributed by atoms with Crippen LogP contribution in [0.1, 0.15) is 24.5 Å². The fourth-order valence-corrected chi connectivity index (χ4v) is 1.71. The molecule has 1 aromatic carbocycles. The largest absolute Gasteiger partial charge is 0.483 e. The molecule has 0 saturated carbocycles. The first-order valence-corrected chi connectivity index (χ1v) is 6.89. The number of amides is 2. The maximum absolute atomic E-state index is 11.6. The van der Waals surface area contributed by atoms with Gasteiger partial charge < -0.3 is 9.47 Å². The van der Waals surface area contributed by atoms with Crippen molar-refractivity contribution in [3.8, 4) is 5.75 Å². The van der Waals surface area contributed by atoms with E-state index in [1.807, 2.05) is 39.0 Å². The third-order valence-electron chi connectivity index (χ3n) is 2.78. The van der Waals surface area contributed by atoms with Crippen LogP contribution in [-0.2, 0) is 14.3 Å². The first-order valence-electron chi connectivity index (χ1n) is 6.89. The number of hydrogen-bond donors (Lipinski definition) is 2. The van der Waals surface area contributed by atoms with Gasteiger partial charge in [-0.15, -0.1) is 0 Å². The van der Waals surface area contributed by atoms with Crippen molar-refractivity contribution in [2.24, 2.45) is 0 Å². The van der Waals surface area contributed by atoms with Crippen molar-refractivity contribution in [1.29, 1.82) is 0 Å². The van der Waals surface area contributed by atoms with Gasteiger partial charge in [0.1, 0.15) is 5.75 Å². The zero-order valence-electron chi connectivity index (χ0n) is 12.7. The summed E-state index contributed by atoms with van der Waals surface area (Å²) in [6.45, 7) is 6.41. The van der Waals surface area contributed by atoms with Gasteiger partial charge in [0.15, 0.2) is 6.61 Å². The first-order chi connectivity index (χ1) is 10.0. The molecule has 6 heteroatoms. The Kier molecular flexibility index (Phi) is 7.25. The second-order valence-electron chi connectivity index (χ2n) is 4.55. The fraction of sp³-hybridized carbons (Fsp3) is 0.467. The number of aryl methyl sites for hydroxylation is 2. The minimum absolute atomic E-state index is 0.155. The molecular formula is C15H22N2O4. The predicted octanol–water partition coefficient (Wildman–Crippen LogP) is 1.26. The number of hydrogen-bond acceptors (Lipinski definition) is 4. The third kappa shape index (κ3) is 6.27. The lowest BCUT2D eigenvalue weighted by atomic mass is 10.1. The summed E-state index contributed by atoms with van der Waals surface area (Å²) in [6.07, 6.45) is 0.200. The number of benzene rings is 1. The summed E-state index contributed by atoms with van der Waals surface area (Å²) >= 11 is 0. The summed E-state index contributed by atoms with van der Waals surface area (Å²) in [5.74, 6) is -0.0263. The normalized spacial score (nSPS) is 10.0. The zero-order chi connectivity index (χ0) is 15.7. The van der Waals surface area contributed by atoms with Crippen molar-refractivity contribution < 1.29 is 19.1 Å². The number of carbonyl (C=O) groups is 2. The second kappa shape index (κ2) is 8.97. The number of para-hydroxylation sites is 1. The van der Waals surface area contributed by atoms with Crippen molar-refractivity contribution >= 4 is 11.8 Å². The molecule has 0 aliphatic rings. The smallest absolute Gasteiger partial charge is 0.276 e. The van der Waals surface area contributed by atoms with Gasteiger partial charge in [-0.05, 0) is 31.9 Å². The van der Waals surface area contributed by atoms with E-state index in [0.29, 0.717) is 19.0 Å². The Balaban J connectivity index is 2.30. The lowest BCUT2D eigenvalue weighted by molar-refractivity contribution is -0.130. The Hall–Kier alpha value is -2.08. The van der Waals surface area contributed by atoms with Gasteiger partial charge in [0, 0.05) is 6.61 Å². The average molecular weight is 294 g/mol. The molecule has 21 heavy (non-hydrogen) atoms. The van der Waals surface area contributed by atoms with Crippen LogP contribution in [0.5, 0.6) is 5.75 Å². The number of carbonyl (C=O) groups excluding carboxylic acids is 2. The average Bonchev–Trinajstić information content (AvgIpc) is 2.45. The molecular weight excluding hydrogens is 272 g/mol. The van der Waals surface area contributed by atoms with E-state index in [1.165, 1.54) is 0 Å². The molecule has 2 N–H and O–H groups in total. The number of nitrogens with one attached hydrogen (secondary N) is 2. The second-order valence-corrected chi connectivity index (χ2v) is 4.55. The molecule has 0 unspecified atom stereocenters. The molecule has 0 atom stereocenters. The van der Waals surface area contributed by atoms with E-state index in [-0.39, 0.29) is 18.9 Å². The van der Waals surface area contributed by atoms with Crippen LogP contribution in [0.4, 0.5) is 0 Å². The topological polar surface area (TPSA) is 76.7 Å². The minimum Gasteiger partial charge on any atom is -0.483 e. The highest BCUT2D eigenvalue weighted by molar-refractivity contribution is 5.82. The molecule has 0 spiro atoms. The van der Waals surface area contributed by atoms with Gasteiger partial charge in [-0.2, -0.15) is 0 Å². The van der Waals surface area contributed by atoms with E-state index in [1.54, 1.807) is 0 Å².